The highest BCUT2D eigenvalue weighted by molar-refractivity contribution is 5.82. The lowest BCUT2D eigenvalue weighted by molar-refractivity contribution is -0.385. The molecule has 2 atom stereocenters. The second-order valence-corrected chi connectivity index (χ2v) is 6.27. The fourth-order valence-electron chi connectivity index (χ4n) is 3.45. The number of nitro groups is 1. The second-order valence-electron chi connectivity index (χ2n) is 6.27. The fraction of sp³-hybridized carbons (Fsp3) is 0.500. The lowest BCUT2D eigenvalue weighted by Gasteiger charge is -2.33. The first kappa shape index (κ1) is 17.2. The van der Waals surface area contributed by atoms with Gasteiger partial charge in [0.25, 0.3) is 5.91 Å². The maximum atomic E-state index is 12.4. The molecular weight excluding hydrogens is 332 g/mol. The van der Waals surface area contributed by atoms with Gasteiger partial charge < -0.3 is 19.5 Å². The molecule has 1 amide bonds. The molecule has 1 aromatic rings. The summed E-state index contributed by atoms with van der Waals surface area (Å²) in [4.78, 5) is 36.0. The van der Waals surface area contributed by atoms with E-state index in [1.807, 2.05) is 0 Å². The largest absolute Gasteiger partial charge is 0.481 e. The van der Waals surface area contributed by atoms with Gasteiger partial charge in [-0.25, -0.2) is 0 Å². The maximum Gasteiger partial charge on any atom is 0.311 e. The van der Waals surface area contributed by atoms with Crippen molar-refractivity contribution in [3.8, 4) is 5.75 Å². The van der Waals surface area contributed by atoms with Gasteiger partial charge >= 0.3 is 11.7 Å². The fourth-order valence-corrected chi connectivity index (χ4v) is 3.45. The number of rotatable bonds is 5. The van der Waals surface area contributed by atoms with E-state index in [1.165, 1.54) is 23.1 Å². The van der Waals surface area contributed by atoms with Gasteiger partial charge in [-0.15, -0.1) is 0 Å². The van der Waals surface area contributed by atoms with E-state index in [-0.39, 0.29) is 37.1 Å². The Labute approximate surface area is 143 Å². The highest BCUT2D eigenvalue weighted by Gasteiger charge is 2.54. The first-order chi connectivity index (χ1) is 11.9. The minimum atomic E-state index is -0.980. The molecule has 0 unspecified atom stereocenters. The Balaban J connectivity index is 1.67. The number of carbonyl (C=O) groups is 2. The van der Waals surface area contributed by atoms with Crippen LogP contribution in [0.3, 0.4) is 0 Å². The van der Waals surface area contributed by atoms with Gasteiger partial charge in [0.15, 0.2) is 12.4 Å². The summed E-state index contributed by atoms with van der Waals surface area (Å²) < 4.78 is 10.7. The SMILES string of the molecule is O=C(COc1ccccc1[N+](=O)[O-])N1C[C@H]2COCC[C@@]2(C(=O)O)C1. The van der Waals surface area contributed by atoms with E-state index in [1.54, 1.807) is 6.07 Å². The molecule has 2 aliphatic rings. The molecule has 0 aliphatic carbocycles. The molecule has 2 aliphatic heterocycles. The number of nitrogens with zero attached hydrogens (tertiary/aromatic N) is 2. The monoisotopic (exact) mass is 350 g/mol. The van der Waals surface area contributed by atoms with Crippen LogP contribution >= 0.6 is 0 Å². The zero-order chi connectivity index (χ0) is 18.0. The number of likely N-dealkylation sites (tertiary alicyclic amines) is 1. The molecule has 1 N–H and O–H groups in total. The number of amides is 1. The van der Waals surface area contributed by atoms with Crippen molar-refractivity contribution in [1.29, 1.82) is 0 Å². The number of carbonyl (C=O) groups excluding carboxylic acids is 1. The van der Waals surface area contributed by atoms with E-state index < -0.39 is 22.2 Å². The van der Waals surface area contributed by atoms with E-state index in [0.717, 1.165) is 0 Å². The Morgan fingerprint density at radius 3 is 2.88 bits per heavy atom. The molecular formula is C16H18N2O7. The lowest BCUT2D eigenvalue weighted by Crippen LogP contribution is -2.45. The summed E-state index contributed by atoms with van der Waals surface area (Å²) in [6, 6.07) is 5.80. The van der Waals surface area contributed by atoms with Crippen molar-refractivity contribution in [2.75, 3.05) is 32.9 Å². The number of hydrogen-bond acceptors (Lipinski definition) is 6. The molecule has 0 aromatic heterocycles. The Morgan fingerprint density at radius 1 is 1.44 bits per heavy atom. The highest BCUT2D eigenvalue weighted by Crippen LogP contribution is 2.42. The van der Waals surface area contributed by atoms with Gasteiger partial charge in [0.2, 0.25) is 0 Å². The van der Waals surface area contributed by atoms with Crippen LogP contribution in [0, 0.1) is 21.4 Å². The van der Waals surface area contributed by atoms with Crippen molar-refractivity contribution < 1.29 is 29.1 Å². The number of benzene rings is 1. The minimum Gasteiger partial charge on any atom is -0.481 e. The standard InChI is InChI=1S/C16H18N2O7/c19-14(9-25-13-4-2-1-3-12(13)18(22)23)17-7-11-8-24-6-5-16(11,10-17)15(20)21/h1-4,11H,5-10H2,(H,20,21)/t11-,16+/m0/s1. The average Bonchev–Trinajstić information content (AvgIpc) is 3.01. The van der Waals surface area contributed by atoms with Crippen molar-refractivity contribution in [3.63, 3.8) is 0 Å². The summed E-state index contributed by atoms with van der Waals surface area (Å²) in [5, 5.41) is 20.6. The summed E-state index contributed by atoms with van der Waals surface area (Å²) >= 11 is 0. The van der Waals surface area contributed by atoms with Crippen LogP contribution in [0.5, 0.6) is 5.75 Å². The van der Waals surface area contributed by atoms with Crippen molar-refractivity contribution in [3.05, 3.63) is 34.4 Å². The van der Waals surface area contributed by atoms with Crippen molar-refractivity contribution >= 4 is 17.6 Å². The molecule has 2 heterocycles. The van der Waals surface area contributed by atoms with E-state index in [0.29, 0.717) is 19.6 Å². The van der Waals surface area contributed by atoms with E-state index in [4.69, 9.17) is 9.47 Å². The van der Waals surface area contributed by atoms with Crippen LogP contribution in [-0.4, -0.2) is 59.7 Å². The Morgan fingerprint density at radius 2 is 2.20 bits per heavy atom. The Bertz CT molecular complexity index is 707. The quantitative estimate of drug-likeness (QED) is 0.619. The molecule has 2 fully saturated rings. The predicted molar refractivity (Wildman–Crippen MR) is 84.2 cm³/mol. The summed E-state index contributed by atoms with van der Waals surface area (Å²) in [6.45, 7) is 0.674. The van der Waals surface area contributed by atoms with Crippen molar-refractivity contribution in [1.82, 2.24) is 4.90 Å². The zero-order valence-electron chi connectivity index (χ0n) is 13.4. The van der Waals surface area contributed by atoms with Gasteiger partial charge in [-0.2, -0.15) is 0 Å². The van der Waals surface area contributed by atoms with Gasteiger partial charge in [0.05, 0.1) is 16.9 Å². The van der Waals surface area contributed by atoms with E-state index in [9.17, 15) is 24.8 Å². The number of nitro benzene ring substituents is 1. The molecule has 9 nitrogen and oxygen atoms in total. The number of ether oxygens (including phenoxy) is 2. The van der Waals surface area contributed by atoms with Gasteiger partial charge in [0.1, 0.15) is 0 Å². The van der Waals surface area contributed by atoms with Crippen molar-refractivity contribution in [2.45, 2.75) is 6.42 Å². The van der Waals surface area contributed by atoms with Gasteiger partial charge in [-0.05, 0) is 12.5 Å². The molecule has 0 bridgehead atoms. The molecule has 0 spiro atoms. The average molecular weight is 350 g/mol. The van der Waals surface area contributed by atoms with E-state index >= 15 is 0 Å². The summed E-state index contributed by atoms with van der Waals surface area (Å²) in [5.74, 6) is -1.56. The lowest BCUT2D eigenvalue weighted by atomic mass is 9.74. The molecule has 0 radical (unpaired) electrons. The molecule has 0 saturated carbocycles. The van der Waals surface area contributed by atoms with Gasteiger partial charge in [0, 0.05) is 31.7 Å². The van der Waals surface area contributed by atoms with Crippen LogP contribution in [0.4, 0.5) is 5.69 Å². The number of fused-ring (bicyclic) bond motifs is 1. The van der Waals surface area contributed by atoms with Crippen LogP contribution in [0.2, 0.25) is 0 Å². The minimum absolute atomic E-state index is 0.00810. The second kappa shape index (κ2) is 6.67. The van der Waals surface area contributed by atoms with E-state index in [2.05, 4.69) is 0 Å². The topological polar surface area (TPSA) is 119 Å². The molecule has 25 heavy (non-hydrogen) atoms. The number of hydrogen-bond donors (Lipinski definition) is 1. The molecule has 2 saturated heterocycles. The molecule has 3 rings (SSSR count). The summed E-state index contributed by atoms with van der Waals surface area (Å²) in [6.07, 6.45) is 0.363. The highest BCUT2D eigenvalue weighted by atomic mass is 16.6. The molecule has 1 aromatic carbocycles. The van der Waals surface area contributed by atoms with Crippen LogP contribution in [0.25, 0.3) is 0 Å². The third kappa shape index (κ3) is 3.14. The van der Waals surface area contributed by atoms with Crippen molar-refractivity contribution in [2.24, 2.45) is 11.3 Å². The first-order valence-electron chi connectivity index (χ1n) is 7.89. The summed E-state index contributed by atoms with van der Waals surface area (Å²) in [5.41, 5.74) is -1.20. The van der Waals surface area contributed by atoms with Crippen LogP contribution < -0.4 is 4.74 Å². The normalized spacial score (nSPS) is 25.3. The zero-order valence-corrected chi connectivity index (χ0v) is 13.4. The number of aliphatic carboxylic acids is 1. The van der Waals surface area contributed by atoms with Crippen LogP contribution in [-0.2, 0) is 14.3 Å². The third-order valence-corrected chi connectivity index (χ3v) is 4.90. The number of carboxylic acids is 1. The van der Waals surface area contributed by atoms with Crippen LogP contribution in [0.1, 0.15) is 6.42 Å². The number of para-hydroxylation sites is 2. The first-order valence-corrected chi connectivity index (χ1v) is 7.89. The van der Waals surface area contributed by atoms with Gasteiger partial charge in [-0.3, -0.25) is 19.7 Å². The van der Waals surface area contributed by atoms with Crippen LogP contribution in [0.15, 0.2) is 24.3 Å². The summed E-state index contributed by atoms with van der Waals surface area (Å²) in [7, 11) is 0. The Kier molecular flexibility index (Phi) is 4.58. The Hall–Kier alpha value is -2.68. The molecule has 9 heteroatoms. The predicted octanol–water partition coefficient (Wildman–Crippen LogP) is 0.923. The maximum absolute atomic E-state index is 12.4. The van der Waals surface area contributed by atoms with Gasteiger partial charge in [-0.1, -0.05) is 12.1 Å². The number of carboxylic acid groups (broad SMARTS) is 1. The third-order valence-electron chi connectivity index (χ3n) is 4.90. The molecule has 134 valence electrons. The smallest absolute Gasteiger partial charge is 0.311 e.